The Bertz CT molecular complexity index is 1010. The fourth-order valence-corrected chi connectivity index (χ4v) is 4.22. The molecule has 0 aliphatic carbocycles. The molecule has 10 heteroatoms. The summed E-state index contributed by atoms with van der Waals surface area (Å²) in [6, 6.07) is 10.2. The van der Waals surface area contributed by atoms with E-state index < -0.39 is 11.7 Å². The molecule has 0 aliphatic heterocycles. The summed E-state index contributed by atoms with van der Waals surface area (Å²) in [5, 5.41) is 0.532. The number of carbonyl (C=O) groups excluding carboxylic acids is 1. The first-order valence-corrected chi connectivity index (χ1v) is 10.8. The molecule has 2 aromatic carbocycles. The zero-order valence-electron chi connectivity index (χ0n) is 16.6. The number of halogens is 4. The summed E-state index contributed by atoms with van der Waals surface area (Å²) < 4.78 is 39.4. The second-order valence-electron chi connectivity index (χ2n) is 6.67. The van der Waals surface area contributed by atoms with Gasteiger partial charge in [0.05, 0.1) is 15.8 Å². The smallest absolute Gasteiger partial charge is 0.308 e. The van der Waals surface area contributed by atoms with Gasteiger partial charge in [0.25, 0.3) is 5.91 Å². The predicted octanol–water partition coefficient (Wildman–Crippen LogP) is 5.67. The third-order valence-corrected chi connectivity index (χ3v) is 6.06. The van der Waals surface area contributed by atoms with Crippen molar-refractivity contribution >= 4 is 56.8 Å². The summed E-state index contributed by atoms with van der Waals surface area (Å²) >= 11 is 3.02. The van der Waals surface area contributed by atoms with Crippen molar-refractivity contribution in [1.82, 2.24) is 9.88 Å². The Morgan fingerprint density at radius 3 is 2.33 bits per heavy atom. The van der Waals surface area contributed by atoms with Gasteiger partial charge in [-0.1, -0.05) is 11.3 Å². The molecule has 3 aromatic rings. The summed E-state index contributed by atoms with van der Waals surface area (Å²) in [6.07, 6.45) is -2.45. The van der Waals surface area contributed by atoms with Crippen molar-refractivity contribution in [3.8, 4) is 0 Å². The number of nitrogens with zero attached hydrogens (tertiary/aromatic N) is 3. The Labute approximate surface area is 187 Å². The second-order valence-corrected chi connectivity index (χ2v) is 8.55. The van der Waals surface area contributed by atoms with E-state index in [1.807, 2.05) is 43.5 Å². The van der Waals surface area contributed by atoms with E-state index in [0.29, 0.717) is 18.2 Å². The molecule has 0 spiro atoms. The Morgan fingerprint density at radius 2 is 1.77 bits per heavy atom. The first-order chi connectivity index (χ1) is 13.7. The zero-order chi connectivity index (χ0) is 21.2. The maximum Gasteiger partial charge on any atom is 0.416 e. The first kappa shape index (κ1) is 24.5. The van der Waals surface area contributed by atoms with E-state index in [4.69, 9.17) is 0 Å². The van der Waals surface area contributed by atoms with Gasteiger partial charge in [-0.25, -0.2) is 4.98 Å². The van der Waals surface area contributed by atoms with Gasteiger partial charge in [0, 0.05) is 23.5 Å². The summed E-state index contributed by atoms with van der Waals surface area (Å²) in [6.45, 7) is 0.973. The molecule has 0 N–H and O–H groups in total. The van der Waals surface area contributed by atoms with E-state index in [1.54, 1.807) is 11.8 Å². The zero-order valence-corrected chi connectivity index (χ0v) is 19.0. The maximum absolute atomic E-state index is 13.1. The van der Waals surface area contributed by atoms with Crippen LogP contribution < -0.4 is 4.90 Å². The number of aromatic nitrogens is 1. The van der Waals surface area contributed by atoms with Gasteiger partial charge in [-0.15, -0.1) is 24.2 Å². The van der Waals surface area contributed by atoms with Gasteiger partial charge in [0.1, 0.15) is 0 Å². The lowest BCUT2D eigenvalue weighted by Crippen LogP contribution is -2.36. The topological polar surface area (TPSA) is 36.4 Å². The van der Waals surface area contributed by atoms with Gasteiger partial charge in [-0.2, -0.15) is 13.2 Å². The summed E-state index contributed by atoms with van der Waals surface area (Å²) in [4.78, 5) is 22.3. The number of hydrogen-bond donors (Lipinski definition) is 0. The summed E-state index contributed by atoms with van der Waals surface area (Å²) in [7, 11) is 3.79. The number of fused-ring (bicyclic) bond motifs is 1. The molecular formula is C20H21ClF3N3OS2. The molecule has 4 nitrogen and oxygen atoms in total. The minimum absolute atomic E-state index is 0. The van der Waals surface area contributed by atoms with E-state index >= 15 is 0 Å². The monoisotopic (exact) mass is 475 g/mol. The lowest BCUT2D eigenvalue weighted by molar-refractivity contribution is -0.137. The number of thiazole rings is 1. The molecule has 0 bridgehead atoms. The largest absolute Gasteiger partial charge is 0.416 e. The van der Waals surface area contributed by atoms with Crippen LogP contribution in [0, 0.1) is 0 Å². The Hall–Kier alpha value is -1.81. The highest BCUT2D eigenvalue weighted by molar-refractivity contribution is 7.98. The van der Waals surface area contributed by atoms with Gasteiger partial charge in [-0.05, 0) is 62.8 Å². The Morgan fingerprint density at radius 1 is 1.10 bits per heavy atom. The number of amides is 1. The number of rotatable bonds is 6. The van der Waals surface area contributed by atoms with Gasteiger partial charge in [-0.3, -0.25) is 9.69 Å². The second kappa shape index (κ2) is 10.00. The molecule has 0 saturated carbocycles. The van der Waals surface area contributed by atoms with Crippen LogP contribution in [0.1, 0.15) is 15.9 Å². The first-order valence-electron chi connectivity index (χ1n) is 8.77. The number of benzene rings is 2. The van der Waals surface area contributed by atoms with E-state index in [-0.39, 0.29) is 23.9 Å². The molecule has 0 saturated heterocycles. The van der Waals surface area contributed by atoms with Crippen molar-refractivity contribution < 1.29 is 18.0 Å². The van der Waals surface area contributed by atoms with Gasteiger partial charge >= 0.3 is 6.18 Å². The molecule has 0 fully saturated rings. The molecule has 0 aliphatic rings. The van der Waals surface area contributed by atoms with Crippen molar-refractivity contribution in [1.29, 1.82) is 0 Å². The van der Waals surface area contributed by atoms with Gasteiger partial charge in [0.2, 0.25) is 0 Å². The van der Waals surface area contributed by atoms with E-state index in [9.17, 15) is 18.0 Å². The highest BCUT2D eigenvalue weighted by Crippen LogP contribution is 2.33. The highest BCUT2D eigenvalue weighted by atomic mass is 35.5. The van der Waals surface area contributed by atoms with Gasteiger partial charge < -0.3 is 4.90 Å². The molecule has 1 heterocycles. The van der Waals surface area contributed by atoms with Crippen LogP contribution in [0.3, 0.4) is 0 Å². The number of likely N-dealkylation sites (N-methyl/N-ethyl adjacent to an activating group) is 1. The molecule has 0 unspecified atom stereocenters. The van der Waals surface area contributed by atoms with Crippen LogP contribution >= 0.6 is 35.5 Å². The molecule has 0 atom stereocenters. The van der Waals surface area contributed by atoms with Gasteiger partial charge in [0.15, 0.2) is 5.13 Å². The fourth-order valence-electron chi connectivity index (χ4n) is 2.68. The normalized spacial score (nSPS) is 11.6. The van der Waals surface area contributed by atoms with E-state index in [0.717, 1.165) is 27.2 Å². The van der Waals surface area contributed by atoms with Crippen LogP contribution in [0.5, 0.6) is 0 Å². The third-order valence-electron chi connectivity index (χ3n) is 4.29. The molecule has 3 rings (SSSR count). The van der Waals surface area contributed by atoms with Crippen LogP contribution in [0.4, 0.5) is 18.3 Å². The quantitative estimate of drug-likeness (QED) is 0.430. The lowest BCUT2D eigenvalue weighted by Gasteiger charge is -2.22. The number of carbonyl (C=O) groups is 1. The molecule has 1 amide bonds. The molecule has 30 heavy (non-hydrogen) atoms. The van der Waals surface area contributed by atoms with Crippen molar-refractivity contribution in [2.75, 3.05) is 38.3 Å². The highest BCUT2D eigenvalue weighted by Gasteiger charge is 2.30. The fraction of sp³-hybridized carbons (Fsp3) is 0.300. The van der Waals surface area contributed by atoms with Crippen molar-refractivity contribution in [3.63, 3.8) is 0 Å². The summed E-state index contributed by atoms with van der Waals surface area (Å²) in [5.74, 6) is -0.371. The lowest BCUT2D eigenvalue weighted by atomic mass is 10.1. The minimum atomic E-state index is -4.44. The molecule has 0 radical (unpaired) electrons. The maximum atomic E-state index is 13.1. The van der Waals surface area contributed by atoms with Crippen molar-refractivity contribution in [2.45, 2.75) is 11.1 Å². The average Bonchev–Trinajstić information content (AvgIpc) is 3.09. The SMILES string of the molecule is CSc1ccc2nc(N(CCN(C)C)C(=O)c3ccc(C(F)(F)F)cc3)sc2c1.Cl. The molecular weight excluding hydrogens is 455 g/mol. The van der Waals surface area contributed by atoms with E-state index in [1.165, 1.54) is 28.4 Å². The number of thioether (sulfide) groups is 1. The van der Waals surface area contributed by atoms with Crippen LogP contribution in [-0.2, 0) is 6.18 Å². The minimum Gasteiger partial charge on any atom is -0.308 e. The van der Waals surface area contributed by atoms with E-state index in [2.05, 4.69) is 4.98 Å². The van der Waals surface area contributed by atoms with Crippen LogP contribution in [0.25, 0.3) is 10.2 Å². The molecule has 1 aromatic heterocycles. The number of hydrogen-bond acceptors (Lipinski definition) is 5. The standard InChI is InChI=1S/C20H20F3N3OS2.ClH/c1-25(2)10-11-26(18(27)13-4-6-14(7-5-13)20(21,22)23)19-24-16-9-8-15(28-3)12-17(16)29-19;/h4-9,12H,10-11H2,1-3H3;1H. The average molecular weight is 476 g/mol. The van der Waals surface area contributed by atoms with Crippen molar-refractivity contribution in [3.05, 3.63) is 53.6 Å². The number of alkyl halides is 3. The Kier molecular flexibility index (Phi) is 8.15. The predicted molar refractivity (Wildman–Crippen MR) is 120 cm³/mol. The number of anilines is 1. The Balaban J connectivity index is 0.00000320. The van der Waals surface area contributed by atoms with Crippen molar-refractivity contribution in [2.24, 2.45) is 0 Å². The third kappa shape index (κ3) is 5.66. The van der Waals surface area contributed by atoms with Crippen LogP contribution in [0.2, 0.25) is 0 Å². The van der Waals surface area contributed by atoms with Crippen LogP contribution in [0.15, 0.2) is 47.4 Å². The molecule has 162 valence electrons. The van der Waals surface area contributed by atoms with Crippen LogP contribution in [-0.4, -0.2) is 49.2 Å². The summed E-state index contributed by atoms with van der Waals surface area (Å²) in [5.41, 5.74) is 0.206.